The lowest BCUT2D eigenvalue weighted by molar-refractivity contribution is -0.133. The molecule has 1 heterocycles. The SMILES string of the molecule is C=CCN(CC(=O)N(Cc1ccc(F)cc1)Cc1sccc1C)C(=O)c1ccc(Cl)cc1. The van der Waals surface area contributed by atoms with E-state index in [-0.39, 0.29) is 30.7 Å². The van der Waals surface area contributed by atoms with E-state index in [1.54, 1.807) is 58.7 Å². The van der Waals surface area contributed by atoms with Crippen LogP contribution in [0, 0.1) is 12.7 Å². The first kappa shape index (κ1) is 23.7. The highest BCUT2D eigenvalue weighted by Gasteiger charge is 2.23. The molecule has 2 amide bonds. The van der Waals surface area contributed by atoms with Crippen LogP contribution in [0.4, 0.5) is 4.39 Å². The van der Waals surface area contributed by atoms with Gasteiger partial charge in [0.15, 0.2) is 0 Å². The highest BCUT2D eigenvalue weighted by Crippen LogP contribution is 2.20. The molecule has 0 saturated carbocycles. The molecule has 32 heavy (non-hydrogen) atoms. The average Bonchev–Trinajstić information content (AvgIpc) is 3.18. The summed E-state index contributed by atoms with van der Waals surface area (Å²) < 4.78 is 13.3. The van der Waals surface area contributed by atoms with Gasteiger partial charge in [-0.15, -0.1) is 17.9 Å². The fourth-order valence-corrected chi connectivity index (χ4v) is 4.24. The number of rotatable bonds is 9. The lowest BCUT2D eigenvalue weighted by Gasteiger charge is -2.27. The van der Waals surface area contributed by atoms with Crippen LogP contribution in [-0.4, -0.2) is 34.7 Å². The third-order valence-corrected chi connectivity index (χ3v) is 6.26. The van der Waals surface area contributed by atoms with Crippen LogP contribution in [0.1, 0.15) is 26.4 Å². The maximum Gasteiger partial charge on any atom is 0.254 e. The number of amides is 2. The van der Waals surface area contributed by atoms with Crippen molar-refractivity contribution in [1.29, 1.82) is 0 Å². The maximum absolute atomic E-state index is 13.3. The van der Waals surface area contributed by atoms with E-state index in [1.807, 2.05) is 18.4 Å². The summed E-state index contributed by atoms with van der Waals surface area (Å²) >= 11 is 7.50. The molecule has 0 bridgehead atoms. The van der Waals surface area contributed by atoms with Gasteiger partial charge in [-0.1, -0.05) is 29.8 Å². The minimum absolute atomic E-state index is 0.0981. The molecule has 1 aromatic heterocycles. The first-order chi connectivity index (χ1) is 15.4. The number of nitrogens with zero attached hydrogens (tertiary/aromatic N) is 2. The molecule has 2 aromatic carbocycles. The molecule has 3 aromatic rings. The van der Waals surface area contributed by atoms with E-state index in [0.717, 1.165) is 16.0 Å². The molecule has 166 valence electrons. The summed E-state index contributed by atoms with van der Waals surface area (Å²) in [6.45, 7) is 6.58. The van der Waals surface area contributed by atoms with Crippen LogP contribution in [0.3, 0.4) is 0 Å². The standard InChI is InChI=1S/C25H24ClFN2O2S/c1-3-13-28(25(31)20-6-8-21(26)9-7-20)17-24(30)29(16-23-18(2)12-14-32-23)15-19-4-10-22(27)11-5-19/h3-12,14H,1,13,15-17H2,2H3. The summed E-state index contributed by atoms with van der Waals surface area (Å²) in [5, 5.41) is 2.52. The first-order valence-corrected chi connectivity index (χ1v) is 11.3. The lowest BCUT2D eigenvalue weighted by Crippen LogP contribution is -2.42. The first-order valence-electron chi connectivity index (χ1n) is 10.1. The molecule has 7 heteroatoms. The Morgan fingerprint density at radius 1 is 1.03 bits per heavy atom. The van der Waals surface area contributed by atoms with Gasteiger partial charge < -0.3 is 9.80 Å². The third-order valence-electron chi connectivity index (χ3n) is 5.00. The molecule has 0 aliphatic carbocycles. The molecule has 0 fully saturated rings. The second kappa shape index (κ2) is 11.1. The summed E-state index contributed by atoms with van der Waals surface area (Å²) in [4.78, 5) is 30.5. The lowest BCUT2D eigenvalue weighted by atomic mass is 10.1. The van der Waals surface area contributed by atoms with Gasteiger partial charge in [0.05, 0.1) is 6.54 Å². The Balaban J connectivity index is 1.81. The van der Waals surface area contributed by atoms with Gasteiger partial charge in [-0.25, -0.2) is 4.39 Å². The van der Waals surface area contributed by atoms with E-state index >= 15 is 0 Å². The Morgan fingerprint density at radius 2 is 1.72 bits per heavy atom. The molecular formula is C25H24ClFN2O2S. The van der Waals surface area contributed by atoms with Gasteiger partial charge >= 0.3 is 0 Å². The smallest absolute Gasteiger partial charge is 0.254 e. The van der Waals surface area contributed by atoms with Crippen molar-refractivity contribution in [2.24, 2.45) is 0 Å². The topological polar surface area (TPSA) is 40.6 Å². The molecule has 0 aliphatic heterocycles. The van der Waals surface area contributed by atoms with Gasteiger partial charge in [-0.2, -0.15) is 0 Å². The van der Waals surface area contributed by atoms with Crippen LogP contribution in [-0.2, 0) is 17.9 Å². The Hall–Kier alpha value is -2.96. The fourth-order valence-electron chi connectivity index (χ4n) is 3.20. The fraction of sp³-hybridized carbons (Fsp3) is 0.200. The van der Waals surface area contributed by atoms with E-state index in [4.69, 9.17) is 11.6 Å². The summed E-state index contributed by atoms with van der Waals surface area (Å²) in [5.74, 6) is -0.804. The van der Waals surface area contributed by atoms with Gasteiger partial charge in [0.25, 0.3) is 5.91 Å². The normalized spacial score (nSPS) is 10.6. The number of aryl methyl sites for hydroxylation is 1. The number of carbonyl (C=O) groups is 2. The van der Waals surface area contributed by atoms with Gasteiger partial charge in [-0.05, 0) is 65.9 Å². The van der Waals surface area contributed by atoms with E-state index in [2.05, 4.69) is 6.58 Å². The molecule has 0 N–H and O–H groups in total. The second-order valence-corrected chi connectivity index (χ2v) is 8.82. The van der Waals surface area contributed by atoms with Crippen molar-refractivity contribution in [2.45, 2.75) is 20.0 Å². The monoisotopic (exact) mass is 470 g/mol. The number of carbonyl (C=O) groups excluding carboxylic acids is 2. The van der Waals surface area contributed by atoms with Crippen molar-refractivity contribution in [3.8, 4) is 0 Å². The zero-order valence-electron chi connectivity index (χ0n) is 17.8. The Morgan fingerprint density at radius 3 is 2.31 bits per heavy atom. The zero-order chi connectivity index (χ0) is 23.1. The van der Waals surface area contributed by atoms with Crippen LogP contribution < -0.4 is 0 Å². The van der Waals surface area contributed by atoms with Crippen LogP contribution in [0.2, 0.25) is 5.02 Å². The van der Waals surface area contributed by atoms with E-state index in [1.165, 1.54) is 17.0 Å². The van der Waals surface area contributed by atoms with Gasteiger partial charge in [0.1, 0.15) is 12.4 Å². The molecule has 0 atom stereocenters. The number of benzene rings is 2. The number of thiophene rings is 1. The predicted octanol–water partition coefficient (Wildman–Crippen LogP) is 5.71. The number of hydrogen-bond donors (Lipinski definition) is 0. The Kier molecular flexibility index (Phi) is 8.20. The highest BCUT2D eigenvalue weighted by molar-refractivity contribution is 7.10. The summed E-state index contributed by atoms with van der Waals surface area (Å²) in [5.41, 5.74) is 2.36. The zero-order valence-corrected chi connectivity index (χ0v) is 19.3. The minimum Gasteiger partial charge on any atom is -0.332 e. The summed E-state index contributed by atoms with van der Waals surface area (Å²) in [6.07, 6.45) is 1.59. The molecule has 0 unspecified atom stereocenters. The van der Waals surface area contributed by atoms with Crippen molar-refractivity contribution in [3.63, 3.8) is 0 Å². The van der Waals surface area contributed by atoms with Crippen molar-refractivity contribution < 1.29 is 14.0 Å². The van der Waals surface area contributed by atoms with Crippen molar-refractivity contribution in [2.75, 3.05) is 13.1 Å². The molecule has 0 spiro atoms. The highest BCUT2D eigenvalue weighted by atomic mass is 35.5. The van der Waals surface area contributed by atoms with Gasteiger partial charge in [0, 0.05) is 28.6 Å². The van der Waals surface area contributed by atoms with Crippen LogP contribution in [0.5, 0.6) is 0 Å². The average molecular weight is 471 g/mol. The van der Waals surface area contributed by atoms with Gasteiger partial charge in [0.2, 0.25) is 5.91 Å². The largest absolute Gasteiger partial charge is 0.332 e. The van der Waals surface area contributed by atoms with Crippen molar-refractivity contribution in [1.82, 2.24) is 9.80 Å². The van der Waals surface area contributed by atoms with Crippen LogP contribution >= 0.6 is 22.9 Å². The predicted molar refractivity (Wildman–Crippen MR) is 127 cm³/mol. The molecule has 0 saturated heterocycles. The molecule has 4 nitrogen and oxygen atoms in total. The quantitative estimate of drug-likeness (QED) is 0.376. The molecular weight excluding hydrogens is 447 g/mol. The van der Waals surface area contributed by atoms with E-state index in [0.29, 0.717) is 23.7 Å². The van der Waals surface area contributed by atoms with E-state index < -0.39 is 0 Å². The second-order valence-electron chi connectivity index (χ2n) is 7.38. The van der Waals surface area contributed by atoms with Gasteiger partial charge in [-0.3, -0.25) is 9.59 Å². The maximum atomic E-state index is 13.3. The molecule has 3 rings (SSSR count). The van der Waals surface area contributed by atoms with E-state index in [9.17, 15) is 14.0 Å². The Labute approximate surface area is 196 Å². The minimum atomic E-state index is -0.327. The third kappa shape index (κ3) is 6.28. The van der Waals surface area contributed by atoms with Crippen molar-refractivity contribution >= 4 is 34.8 Å². The molecule has 0 radical (unpaired) electrons. The van der Waals surface area contributed by atoms with Crippen LogP contribution in [0.25, 0.3) is 0 Å². The number of hydrogen-bond acceptors (Lipinski definition) is 3. The Bertz CT molecular complexity index is 1080. The summed E-state index contributed by atoms with van der Waals surface area (Å²) in [6, 6.07) is 14.6. The summed E-state index contributed by atoms with van der Waals surface area (Å²) in [7, 11) is 0. The number of halogens is 2. The molecule has 0 aliphatic rings. The van der Waals surface area contributed by atoms with Crippen molar-refractivity contribution in [3.05, 3.63) is 105 Å². The van der Waals surface area contributed by atoms with Crippen LogP contribution in [0.15, 0.2) is 72.6 Å².